The van der Waals surface area contributed by atoms with Gasteiger partial charge in [0.15, 0.2) is 0 Å². The Morgan fingerprint density at radius 1 is 1.64 bits per heavy atom. The fourth-order valence-electron chi connectivity index (χ4n) is 0.924. The van der Waals surface area contributed by atoms with Crippen molar-refractivity contribution in [2.24, 2.45) is 16.8 Å². The second kappa shape index (κ2) is 7.54. The molecule has 0 radical (unpaired) electrons. The zero-order valence-electron chi connectivity index (χ0n) is 8.60. The van der Waals surface area contributed by atoms with E-state index in [0.717, 1.165) is 0 Å². The second-order valence-corrected chi connectivity index (χ2v) is 3.17. The highest BCUT2D eigenvalue weighted by Crippen LogP contribution is 1.93. The molecule has 0 aromatic rings. The van der Waals surface area contributed by atoms with Gasteiger partial charge in [0.25, 0.3) is 0 Å². The van der Waals surface area contributed by atoms with Crippen LogP contribution in [0.4, 0.5) is 0 Å². The van der Waals surface area contributed by atoms with Crippen molar-refractivity contribution in [1.82, 2.24) is 5.32 Å². The Balaban J connectivity index is 3.78. The molecule has 0 aliphatic rings. The Morgan fingerprint density at radius 3 is 2.71 bits per heavy atom. The molecular formula is C8H19N3O3. The van der Waals surface area contributed by atoms with Crippen LogP contribution in [0, 0.1) is 5.92 Å². The van der Waals surface area contributed by atoms with Crippen LogP contribution in [0.25, 0.3) is 0 Å². The molecule has 0 spiro atoms. The average Bonchev–Trinajstić information content (AvgIpc) is 2.22. The monoisotopic (exact) mass is 205 g/mol. The van der Waals surface area contributed by atoms with Gasteiger partial charge in [0.2, 0.25) is 0 Å². The van der Waals surface area contributed by atoms with E-state index in [-0.39, 0.29) is 24.4 Å². The Labute approximate surface area is 83.7 Å². The van der Waals surface area contributed by atoms with E-state index in [1.165, 1.54) is 0 Å². The van der Waals surface area contributed by atoms with Crippen molar-refractivity contribution in [3.63, 3.8) is 0 Å². The van der Waals surface area contributed by atoms with E-state index in [1.54, 1.807) is 7.11 Å². The van der Waals surface area contributed by atoms with Crippen LogP contribution >= 0.6 is 0 Å². The zero-order chi connectivity index (χ0) is 11.0. The summed E-state index contributed by atoms with van der Waals surface area (Å²) in [6.07, 6.45) is 0. The Morgan fingerprint density at radius 2 is 2.29 bits per heavy atom. The lowest BCUT2D eigenvalue weighted by Crippen LogP contribution is -2.41. The number of aliphatic hydroxyl groups is 1. The van der Waals surface area contributed by atoms with Gasteiger partial charge in [-0.1, -0.05) is 12.1 Å². The number of ether oxygens (including phenoxy) is 1. The predicted molar refractivity (Wildman–Crippen MR) is 53.3 cm³/mol. The van der Waals surface area contributed by atoms with Gasteiger partial charge >= 0.3 is 0 Å². The molecule has 2 atom stereocenters. The van der Waals surface area contributed by atoms with Gasteiger partial charge in [0.05, 0.1) is 19.3 Å². The summed E-state index contributed by atoms with van der Waals surface area (Å²) in [4.78, 5) is 0. The molecular weight excluding hydrogens is 186 g/mol. The third-order valence-electron chi connectivity index (χ3n) is 1.92. The lowest BCUT2D eigenvalue weighted by Gasteiger charge is -2.17. The van der Waals surface area contributed by atoms with Crippen molar-refractivity contribution in [2.45, 2.75) is 13.0 Å². The van der Waals surface area contributed by atoms with Gasteiger partial charge in [0.1, 0.15) is 5.84 Å². The van der Waals surface area contributed by atoms with Crippen LogP contribution in [0.5, 0.6) is 0 Å². The molecule has 0 aliphatic heterocycles. The first kappa shape index (κ1) is 13.2. The van der Waals surface area contributed by atoms with Crippen LogP contribution in [0.15, 0.2) is 5.16 Å². The topological polar surface area (TPSA) is 100 Å². The van der Waals surface area contributed by atoms with Crippen molar-refractivity contribution in [3.8, 4) is 0 Å². The molecule has 6 nitrogen and oxygen atoms in total. The van der Waals surface area contributed by atoms with Gasteiger partial charge in [0, 0.05) is 19.6 Å². The number of methoxy groups -OCH3 is 1. The smallest absolute Gasteiger partial charge is 0.143 e. The van der Waals surface area contributed by atoms with Crippen LogP contribution in [0.1, 0.15) is 6.92 Å². The molecule has 0 heterocycles. The van der Waals surface area contributed by atoms with E-state index >= 15 is 0 Å². The highest BCUT2D eigenvalue weighted by atomic mass is 16.5. The number of nitrogens with one attached hydrogen (secondary N) is 1. The summed E-state index contributed by atoms with van der Waals surface area (Å²) in [7, 11) is 1.57. The highest BCUT2D eigenvalue weighted by Gasteiger charge is 2.11. The minimum atomic E-state index is -0.117. The van der Waals surface area contributed by atoms with E-state index in [9.17, 15) is 0 Å². The summed E-state index contributed by atoms with van der Waals surface area (Å²) in [5.41, 5.74) is 5.38. The number of nitrogens with two attached hydrogens (primary N) is 1. The molecule has 0 fully saturated rings. The molecule has 0 aromatic carbocycles. The molecule has 84 valence electrons. The first-order valence-corrected chi connectivity index (χ1v) is 4.46. The zero-order valence-corrected chi connectivity index (χ0v) is 8.60. The number of rotatable bonds is 7. The molecule has 2 unspecified atom stereocenters. The molecule has 0 rings (SSSR count). The summed E-state index contributed by atoms with van der Waals surface area (Å²) < 4.78 is 4.88. The lowest BCUT2D eigenvalue weighted by molar-refractivity contribution is 0.128. The van der Waals surface area contributed by atoms with Crippen LogP contribution < -0.4 is 11.1 Å². The number of amidine groups is 1. The maximum Gasteiger partial charge on any atom is 0.143 e. The molecule has 5 N–H and O–H groups in total. The van der Waals surface area contributed by atoms with Gasteiger partial charge in [-0.2, -0.15) is 0 Å². The van der Waals surface area contributed by atoms with Crippen molar-refractivity contribution < 1.29 is 15.1 Å². The minimum absolute atomic E-state index is 0.00324. The summed E-state index contributed by atoms with van der Waals surface area (Å²) >= 11 is 0. The summed E-state index contributed by atoms with van der Waals surface area (Å²) in [5, 5.41) is 23.2. The number of nitrogens with zero attached hydrogens (tertiary/aromatic N) is 1. The van der Waals surface area contributed by atoms with Crippen molar-refractivity contribution in [1.29, 1.82) is 0 Å². The van der Waals surface area contributed by atoms with Gasteiger partial charge in [-0.3, -0.25) is 0 Å². The summed E-state index contributed by atoms with van der Waals surface area (Å²) in [6, 6.07) is -0.117. The number of hydrogen-bond acceptors (Lipinski definition) is 5. The Bertz CT molecular complexity index is 175. The highest BCUT2D eigenvalue weighted by molar-refractivity contribution is 5.82. The predicted octanol–water partition coefficient (Wildman–Crippen LogP) is -1.03. The standard InChI is InChI=1S/C8H19N3O3/c1-6(8(9)11-13)3-10-7(4-12)5-14-2/h6-7,10,12-13H,3-5H2,1-2H3,(H2,9,11). The van der Waals surface area contributed by atoms with Gasteiger partial charge < -0.3 is 26.1 Å². The van der Waals surface area contributed by atoms with Crippen LogP contribution in [-0.4, -0.2) is 49.1 Å². The molecule has 6 heteroatoms. The SMILES string of the molecule is COCC(CO)NCC(C)C(N)=NO. The third-order valence-corrected chi connectivity index (χ3v) is 1.92. The average molecular weight is 205 g/mol. The van der Waals surface area contributed by atoms with E-state index in [4.69, 9.17) is 20.8 Å². The van der Waals surface area contributed by atoms with E-state index in [1.807, 2.05) is 6.92 Å². The molecule has 0 aromatic heterocycles. The molecule has 0 aliphatic carbocycles. The molecule has 0 saturated carbocycles. The quantitative estimate of drug-likeness (QED) is 0.184. The molecule has 14 heavy (non-hydrogen) atoms. The number of oxime groups is 1. The van der Waals surface area contributed by atoms with Crippen LogP contribution in [-0.2, 0) is 4.74 Å². The van der Waals surface area contributed by atoms with E-state index in [2.05, 4.69) is 10.5 Å². The summed E-state index contributed by atoms with van der Waals surface area (Å²) in [5.74, 6) is 0.0949. The molecule has 0 saturated heterocycles. The fraction of sp³-hybridized carbons (Fsp3) is 0.875. The molecule has 0 amide bonds. The largest absolute Gasteiger partial charge is 0.409 e. The summed E-state index contributed by atoms with van der Waals surface area (Å²) in [6.45, 7) is 2.78. The second-order valence-electron chi connectivity index (χ2n) is 3.17. The maximum atomic E-state index is 8.91. The van der Waals surface area contributed by atoms with Crippen LogP contribution in [0.3, 0.4) is 0 Å². The number of aliphatic hydroxyl groups excluding tert-OH is 1. The normalized spacial score (nSPS) is 16.6. The first-order valence-electron chi connectivity index (χ1n) is 4.46. The van der Waals surface area contributed by atoms with Crippen LogP contribution in [0.2, 0.25) is 0 Å². The van der Waals surface area contributed by atoms with E-state index < -0.39 is 0 Å². The lowest BCUT2D eigenvalue weighted by atomic mass is 10.1. The number of hydrogen-bond donors (Lipinski definition) is 4. The van der Waals surface area contributed by atoms with Crippen molar-refractivity contribution in [3.05, 3.63) is 0 Å². The van der Waals surface area contributed by atoms with Gasteiger partial charge in [-0.25, -0.2) is 0 Å². The fourth-order valence-corrected chi connectivity index (χ4v) is 0.924. The Hall–Kier alpha value is -0.850. The first-order chi connectivity index (χ1) is 6.65. The van der Waals surface area contributed by atoms with Gasteiger partial charge in [-0.05, 0) is 0 Å². The third kappa shape index (κ3) is 5.00. The van der Waals surface area contributed by atoms with E-state index in [0.29, 0.717) is 13.2 Å². The molecule has 0 bridgehead atoms. The van der Waals surface area contributed by atoms with Crippen molar-refractivity contribution >= 4 is 5.84 Å². The minimum Gasteiger partial charge on any atom is -0.409 e. The van der Waals surface area contributed by atoms with Crippen molar-refractivity contribution in [2.75, 3.05) is 26.9 Å². The maximum absolute atomic E-state index is 8.91. The Kier molecular flexibility index (Phi) is 7.09. The van der Waals surface area contributed by atoms with Gasteiger partial charge in [-0.15, -0.1) is 0 Å².